The normalized spacial score (nSPS) is 13.0. The van der Waals surface area contributed by atoms with E-state index in [0.29, 0.717) is 47.7 Å². The lowest BCUT2D eigenvalue weighted by Gasteiger charge is -2.34. The first kappa shape index (κ1) is 40.1. The summed E-state index contributed by atoms with van der Waals surface area (Å²) in [7, 11) is 1.65. The van der Waals surface area contributed by atoms with E-state index in [1.807, 2.05) is 48.2 Å². The first-order valence-electron chi connectivity index (χ1n) is 17.6. The van der Waals surface area contributed by atoms with E-state index in [2.05, 4.69) is 34.1 Å². The van der Waals surface area contributed by atoms with E-state index in [0.717, 1.165) is 54.2 Å². The molecule has 1 aliphatic heterocycles. The number of nitrogens with zero attached hydrogens (tertiary/aromatic N) is 3. The number of hydrogen-bond acceptors (Lipinski definition) is 7. The summed E-state index contributed by atoms with van der Waals surface area (Å²) in [4.78, 5) is 21.6. The van der Waals surface area contributed by atoms with Gasteiger partial charge in [0.15, 0.2) is 5.75 Å². The van der Waals surface area contributed by atoms with Gasteiger partial charge < -0.3 is 23.8 Å². The zero-order valence-electron chi connectivity index (χ0n) is 30.6. The molecule has 0 atom stereocenters. The Kier molecular flexibility index (Phi) is 14.3. The van der Waals surface area contributed by atoms with E-state index in [4.69, 9.17) is 30.5 Å². The molecule has 0 spiro atoms. The number of hydrogen-bond donors (Lipinski definition) is 0. The van der Waals surface area contributed by atoms with Crippen molar-refractivity contribution >= 4 is 36.0 Å². The number of halogens is 3. The molecule has 6 rings (SSSR count). The standard InChI is InChI=1S/C43H43ClFN3O5.ClH/c1-30-4-5-35(26-40(30)45)29-52-38-15-16-41(46-27-38)53-43-31(2)24-34(25-39(43)44)10-17-42(49)48-21-19-47(20-22-48)28-33-8-6-32(7-9-33)18-23-51-37-13-11-36(50-3)12-14-37;/h4-17,24-27H,18-23,28-29H2,1-3H3;1H/b17-10+;. The number of benzene rings is 4. The van der Waals surface area contributed by atoms with E-state index in [9.17, 15) is 9.18 Å². The second-order valence-electron chi connectivity index (χ2n) is 13.0. The lowest BCUT2D eigenvalue weighted by Crippen LogP contribution is -2.47. The van der Waals surface area contributed by atoms with Crippen molar-refractivity contribution in [3.63, 3.8) is 0 Å². The van der Waals surface area contributed by atoms with E-state index in [-0.39, 0.29) is 30.7 Å². The fourth-order valence-corrected chi connectivity index (χ4v) is 6.23. The molecule has 0 bridgehead atoms. The smallest absolute Gasteiger partial charge is 0.246 e. The van der Waals surface area contributed by atoms with E-state index < -0.39 is 0 Å². The van der Waals surface area contributed by atoms with Crippen LogP contribution >= 0.6 is 24.0 Å². The van der Waals surface area contributed by atoms with Gasteiger partial charge >= 0.3 is 0 Å². The summed E-state index contributed by atoms with van der Waals surface area (Å²) in [5.74, 6) is 2.71. The van der Waals surface area contributed by atoms with Crippen molar-refractivity contribution in [2.45, 2.75) is 33.4 Å². The number of ether oxygens (including phenoxy) is 4. The summed E-state index contributed by atoms with van der Waals surface area (Å²) in [5.41, 5.74) is 5.40. The van der Waals surface area contributed by atoms with Crippen molar-refractivity contribution in [1.29, 1.82) is 0 Å². The van der Waals surface area contributed by atoms with Crippen LogP contribution in [0.25, 0.3) is 6.08 Å². The zero-order valence-corrected chi connectivity index (χ0v) is 32.2. The fourth-order valence-electron chi connectivity index (χ4n) is 5.92. The Hall–Kier alpha value is -5.09. The molecular formula is C43H44Cl2FN3O5. The summed E-state index contributed by atoms with van der Waals surface area (Å²) in [6, 6.07) is 28.4. The highest BCUT2D eigenvalue weighted by Crippen LogP contribution is 2.34. The van der Waals surface area contributed by atoms with Gasteiger partial charge in [0.25, 0.3) is 0 Å². The van der Waals surface area contributed by atoms with Crippen LogP contribution in [0.5, 0.6) is 28.9 Å². The summed E-state index contributed by atoms with van der Waals surface area (Å²) >= 11 is 6.61. The molecule has 1 saturated heterocycles. The number of amides is 1. The first-order chi connectivity index (χ1) is 25.7. The van der Waals surface area contributed by atoms with Gasteiger partial charge in [0, 0.05) is 51.3 Å². The number of carbonyl (C=O) groups excluding carboxylic acids is 1. The molecule has 4 aromatic carbocycles. The predicted molar refractivity (Wildman–Crippen MR) is 213 cm³/mol. The second kappa shape index (κ2) is 19.3. The Balaban J connectivity index is 0.00000561. The number of rotatable bonds is 14. The van der Waals surface area contributed by atoms with Gasteiger partial charge in [-0.2, -0.15) is 0 Å². The molecule has 1 aliphatic rings. The summed E-state index contributed by atoms with van der Waals surface area (Å²) in [6.07, 6.45) is 5.76. The van der Waals surface area contributed by atoms with Gasteiger partial charge in [-0.1, -0.05) is 48.0 Å². The zero-order chi connectivity index (χ0) is 37.2. The SMILES string of the molecule is COc1ccc(OCCc2ccc(CN3CCN(C(=O)/C=C/c4cc(C)c(Oc5ccc(OCc6ccc(C)c(F)c6)cn5)c(Cl)c4)CC3)cc2)cc1.Cl. The van der Waals surface area contributed by atoms with Crippen LogP contribution in [-0.4, -0.2) is 60.6 Å². The average Bonchev–Trinajstić information content (AvgIpc) is 3.17. The third-order valence-corrected chi connectivity index (χ3v) is 9.34. The molecule has 5 aromatic rings. The molecule has 0 aliphatic carbocycles. The number of aryl methyl sites for hydroxylation is 2. The molecule has 0 radical (unpaired) electrons. The minimum atomic E-state index is -0.262. The van der Waals surface area contributed by atoms with Gasteiger partial charge in [-0.25, -0.2) is 9.37 Å². The minimum Gasteiger partial charge on any atom is -0.497 e. The molecule has 0 unspecified atom stereocenters. The van der Waals surface area contributed by atoms with Crippen LogP contribution in [0.3, 0.4) is 0 Å². The van der Waals surface area contributed by atoms with Crippen molar-refractivity contribution in [2.24, 2.45) is 0 Å². The summed E-state index contributed by atoms with van der Waals surface area (Å²) in [5, 5.41) is 0.407. The van der Waals surface area contributed by atoms with Crippen molar-refractivity contribution in [1.82, 2.24) is 14.8 Å². The Morgan fingerprint density at radius 1 is 0.815 bits per heavy atom. The van der Waals surface area contributed by atoms with E-state index in [1.165, 1.54) is 17.2 Å². The highest BCUT2D eigenvalue weighted by Gasteiger charge is 2.20. The fraction of sp³-hybridized carbons (Fsp3) is 0.256. The molecular weight excluding hydrogens is 728 g/mol. The van der Waals surface area contributed by atoms with Crippen molar-refractivity contribution < 1.29 is 28.1 Å². The van der Waals surface area contributed by atoms with Gasteiger partial charge in [0.05, 0.1) is 24.9 Å². The number of aromatic nitrogens is 1. The molecule has 11 heteroatoms. The van der Waals surface area contributed by atoms with Gasteiger partial charge in [-0.15, -0.1) is 12.4 Å². The van der Waals surface area contributed by atoms with Gasteiger partial charge in [-0.3, -0.25) is 9.69 Å². The molecule has 0 N–H and O–H groups in total. The van der Waals surface area contributed by atoms with Crippen LogP contribution in [0.2, 0.25) is 5.02 Å². The monoisotopic (exact) mass is 771 g/mol. The first-order valence-corrected chi connectivity index (χ1v) is 18.0. The third kappa shape index (κ3) is 11.2. The van der Waals surface area contributed by atoms with Gasteiger partial charge in [0.1, 0.15) is 29.7 Å². The van der Waals surface area contributed by atoms with Crippen LogP contribution in [0.4, 0.5) is 4.39 Å². The van der Waals surface area contributed by atoms with Crippen molar-refractivity contribution in [3.05, 3.63) is 147 Å². The average molecular weight is 773 g/mol. The lowest BCUT2D eigenvalue weighted by molar-refractivity contribution is -0.127. The van der Waals surface area contributed by atoms with E-state index >= 15 is 0 Å². The maximum absolute atomic E-state index is 13.8. The molecule has 2 heterocycles. The highest BCUT2D eigenvalue weighted by molar-refractivity contribution is 6.32. The largest absolute Gasteiger partial charge is 0.497 e. The molecule has 0 saturated carbocycles. The summed E-state index contributed by atoms with van der Waals surface area (Å²) in [6.45, 7) is 8.23. The molecule has 8 nitrogen and oxygen atoms in total. The maximum Gasteiger partial charge on any atom is 0.246 e. The Labute approximate surface area is 327 Å². The quantitative estimate of drug-likeness (QED) is 0.104. The molecule has 1 amide bonds. The number of pyridine rings is 1. The Morgan fingerprint density at radius 2 is 1.50 bits per heavy atom. The molecule has 1 fully saturated rings. The van der Waals surface area contributed by atoms with Crippen LogP contribution in [0, 0.1) is 19.7 Å². The van der Waals surface area contributed by atoms with Gasteiger partial charge in [-0.05, 0) is 102 Å². The van der Waals surface area contributed by atoms with Gasteiger partial charge in [0.2, 0.25) is 11.8 Å². The van der Waals surface area contributed by atoms with Crippen LogP contribution in [0.15, 0.2) is 103 Å². The van der Waals surface area contributed by atoms with Crippen molar-refractivity contribution in [3.8, 4) is 28.9 Å². The third-order valence-electron chi connectivity index (χ3n) is 9.06. The van der Waals surface area contributed by atoms with Crippen LogP contribution in [0.1, 0.15) is 33.4 Å². The van der Waals surface area contributed by atoms with Crippen LogP contribution < -0.4 is 18.9 Å². The topological polar surface area (TPSA) is 73.4 Å². The molecule has 1 aromatic heterocycles. The lowest BCUT2D eigenvalue weighted by atomic mass is 10.1. The maximum atomic E-state index is 13.8. The molecule has 54 heavy (non-hydrogen) atoms. The highest BCUT2D eigenvalue weighted by atomic mass is 35.5. The molecule has 282 valence electrons. The van der Waals surface area contributed by atoms with Crippen LogP contribution in [-0.2, 0) is 24.4 Å². The minimum absolute atomic E-state index is 0. The second-order valence-corrected chi connectivity index (χ2v) is 13.4. The number of methoxy groups -OCH3 is 1. The van der Waals surface area contributed by atoms with E-state index in [1.54, 1.807) is 56.6 Å². The summed E-state index contributed by atoms with van der Waals surface area (Å²) < 4.78 is 36.6. The Morgan fingerprint density at radius 3 is 2.17 bits per heavy atom. The number of piperazine rings is 1. The Bertz CT molecular complexity index is 1990. The number of carbonyl (C=O) groups is 1. The predicted octanol–water partition coefficient (Wildman–Crippen LogP) is 9.27. The van der Waals surface area contributed by atoms with Crippen molar-refractivity contribution in [2.75, 3.05) is 39.9 Å².